The van der Waals surface area contributed by atoms with Gasteiger partial charge in [-0.3, -0.25) is 0 Å². The molecule has 0 aliphatic carbocycles. The van der Waals surface area contributed by atoms with Crippen molar-refractivity contribution >= 4 is 15.7 Å². The molecule has 0 aliphatic rings. The molecule has 0 aromatic heterocycles. The van der Waals surface area contributed by atoms with E-state index in [1.54, 1.807) is 0 Å². The lowest BCUT2D eigenvalue weighted by Crippen LogP contribution is -2.38. The van der Waals surface area contributed by atoms with Crippen LogP contribution in [-0.4, -0.2) is 40.0 Å². The third kappa shape index (κ3) is 3.89. The molecule has 0 saturated carbocycles. The summed E-state index contributed by atoms with van der Waals surface area (Å²) in [6.45, 7) is 3.54. The quantitative estimate of drug-likeness (QED) is 0.791. The van der Waals surface area contributed by atoms with Gasteiger partial charge in [0.2, 0.25) is 10.0 Å². The van der Waals surface area contributed by atoms with Crippen molar-refractivity contribution in [1.29, 1.82) is 0 Å². The summed E-state index contributed by atoms with van der Waals surface area (Å²) in [5, 5.41) is 0. The Morgan fingerprint density at radius 3 is 2.53 bits per heavy atom. The number of sulfonamides is 1. The van der Waals surface area contributed by atoms with Gasteiger partial charge in [0.05, 0.1) is 4.90 Å². The lowest BCUT2D eigenvalue weighted by molar-refractivity contribution is 0.314. The number of likely N-dealkylation sites (N-methyl/N-ethyl adjacent to an activating group) is 1. The second-order valence-corrected chi connectivity index (χ2v) is 6.53. The van der Waals surface area contributed by atoms with Crippen LogP contribution in [0.25, 0.3) is 0 Å². The summed E-state index contributed by atoms with van der Waals surface area (Å²) in [6.07, 6.45) is 0. The number of hydrogen-bond donors (Lipinski definition) is 2. The first kappa shape index (κ1) is 15.9. The van der Waals surface area contributed by atoms with Gasteiger partial charge in [-0.2, -0.15) is 0 Å². The summed E-state index contributed by atoms with van der Waals surface area (Å²) in [4.78, 5) is 1.77. The molecular formula is C12H20FN3O2S. The molecule has 0 spiro atoms. The molecule has 0 heterocycles. The average Bonchev–Trinajstić information content (AvgIpc) is 2.30. The van der Waals surface area contributed by atoms with E-state index in [1.165, 1.54) is 13.0 Å². The van der Waals surface area contributed by atoms with Crippen LogP contribution in [-0.2, 0) is 10.0 Å². The number of nitrogen functional groups attached to an aromatic ring is 1. The van der Waals surface area contributed by atoms with Crippen molar-refractivity contribution in [3.63, 3.8) is 0 Å². The van der Waals surface area contributed by atoms with Crippen LogP contribution in [0.15, 0.2) is 17.0 Å². The Bertz CT molecular complexity index is 558. The van der Waals surface area contributed by atoms with E-state index in [2.05, 4.69) is 4.72 Å². The maximum Gasteiger partial charge on any atom is 0.241 e. The first-order valence-corrected chi connectivity index (χ1v) is 7.35. The van der Waals surface area contributed by atoms with Crippen molar-refractivity contribution in [3.8, 4) is 0 Å². The van der Waals surface area contributed by atoms with Crippen molar-refractivity contribution in [1.82, 2.24) is 9.62 Å². The van der Waals surface area contributed by atoms with Crippen LogP contribution < -0.4 is 10.5 Å². The number of rotatable bonds is 5. The monoisotopic (exact) mass is 289 g/mol. The molecular weight excluding hydrogens is 269 g/mol. The standard InChI is InChI=1S/C12H20FN3O2S/c1-8(16(3)4)7-15-19(17,18)12-6-10(14)5-11(13)9(12)2/h5-6,8,15H,7,14H2,1-4H3. The van der Waals surface area contributed by atoms with E-state index in [1.807, 2.05) is 25.9 Å². The predicted molar refractivity (Wildman–Crippen MR) is 73.9 cm³/mol. The molecule has 19 heavy (non-hydrogen) atoms. The molecule has 1 unspecified atom stereocenters. The lowest BCUT2D eigenvalue weighted by atomic mass is 10.2. The molecule has 0 bridgehead atoms. The summed E-state index contributed by atoms with van der Waals surface area (Å²) < 4.78 is 40.2. The Morgan fingerprint density at radius 1 is 1.42 bits per heavy atom. The maximum absolute atomic E-state index is 13.5. The fraction of sp³-hybridized carbons (Fsp3) is 0.500. The van der Waals surface area contributed by atoms with E-state index >= 15 is 0 Å². The maximum atomic E-state index is 13.5. The number of nitrogens with one attached hydrogen (secondary N) is 1. The molecule has 5 nitrogen and oxygen atoms in total. The molecule has 0 fully saturated rings. The zero-order valence-electron chi connectivity index (χ0n) is 11.6. The zero-order valence-corrected chi connectivity index (χ0v) is 12.4. The normalized spacial score (nSPS) is 13.8. The molecule has 1 atom stereocenters. The van der Waals surface area contributed by atoms with Gasteiger partial charge in [-0.25, -0.2) is 17.5 Å². The van der Waals surface area contributed by atoms with E-state index < -0.39 is 15.8 Å². The Hall–Kier alpha value is -1.18. The van der Waals surface area contributed by atoms with Crippen LogP contribution in [0.4, 0.5) is 10.1 Å². The van der Waals surface area contributed by atoms with Crippen molar-refractivity contribution in [3.05, 3.63) is 23.5 Å². The second kappa shape index (κ2) is 5.85. The Balaban J connectivity index is 3.01. The molecule has 1 rings (SSSR count). The summed E-state index contributed by atoms with van der Waals surface area (Å²) in [6, 6.07) is 2.40. The van der Waals surface area contributed by atoms with Crippen molar-refractivity contribution in [2.75, 3.05) is 26.4 Å². The van der Waals surface area contributed by atoms with E-state index in [0.717, 1.165) is 6.07 Å². The van der Waals surface area contributed by atoms with Gasteiger partial charge in [-0.15, -0.1) is 0 Å². The Morgan fingerprint density at radius 2 is 2.00 bits per heavy atom. The van der Waals surface area contributed by atoms with E-state index in [9.17, 15) is 12.8 Å². The number of anilines is 1. The molecule has 3 N–H and O–H groups in total. The fourth-order valence-electron chi connectivity index (χ4n) is 1.44. The molecule has 7 heteroatoms. The highest BCUT2D eigenvalue weighted by atomic mass is 32.2. The van der Waals surface area contributed by atoms with Gasteiger partial charge < -0.3 is 10.6 Å². The molecule has 0 amide bonds. The predicted octanol–water partition coefficient (Wildman–Crippen LogP) is 0.945. The van der Waals surface area contributed by atoms with Crippen LogP contribution in [0.1, 0.15) is 12.5 Å². The highest BCUT2D eigenvalue weighted by Crippen LogP contribution is 2.21. The summed E-state index contributed by atoms with van der Waals surface area (Å²) in [5.41, 5.74) is 5.64. The largest absolute Gasteiger partial charge is 0.399 e. The van der Waals surface area contributed by atoms with Gasteiger partial charge in [0.25, 0.3) is 0 Å². The number of halogens is 1. The minimum absolute atomic E-state index is 0.0287. The van der Waals surface area contributed by atoms with Crippen LogP contribution in [0, 0.1) is 12.7 Å². The average molecular weight is 289 g/mol. The van der Waals surface area contributed by atoms with Crippen LogP contribution in [0.2, 0.25) is 0 Å². The summed E-state index contributed by atoms with van der Waals surface area (Å²) in [5.74, 6) is -0.624. The highest BCUT2D eigenvalue weighted by molar-refractivity contribution is 7.89. The van der Waals surface area contributed by atoms with Gasteiger partial charge in [0.1, 0.15) is 5.82 Å². The molecule has 0 aliphatic heterocycles. The van der Waals surface area contributed by atoms with Gasteiger partial charge in [-0.1, -0.05) is 0 Å². The van der Waals surface area contributed by atoms with Gasteiger partial charge in [0, 0.05) is 23.8 Å². The summed E-state index contributed by atoms with van der Waals surface area (Å²) >= 11 is 0. The smallest absolute Gasteiger partial charge is 0.241 e. The van der Waals surface area contributed by atoms with E-state index in [0.29, 0.717) is 0 Å². The van der Waals surface area contributed by atoms with Gasteiger partial charge in [0.15, 0.2) is 0 Å². The first-order valence-electron chi connectivity index (χ1n) is 5.87. The highest BCUT2D eigenvalue weighted by Gasteiger charge is 2.20. The molecule has 0 radical (unpaired) electrons. The van der Waals surface area contributed by atoms with Crippen LogP contribution in [0.3, 0.4) is 0 Å². The van der Waals surface area contributed by atoms with Crippen molar-refractivity contribution < 1.29 is 12.8 Å². The topological polar surface area (TPSA) is 75.4 Å². The third-order valence-corrected chi connectivity index (χ3v) is 4.61. The SMILES string of the molecule is Cc1c(F)cc(N)cc1S(=O)(=O)NCC(C)N(C)C. The lowest BCUT2D eigenvalue weighted by Gasteiger charge is -2.20. The number of benzene rings is 1. The first-order chi connectivity index (χ1) is 8.65. The molecule has 1 aromatic rings. The van der Waals surface area contributed by atoms with Gasteiger partial charge >= 0.3 is 0 Å². The Labute approximate surface area is 113 Å². The summed E-state index contributed by atoms with van der Waals surface area (Å²) in [7, 11) is -0.0581. The zero-order chi connectivity index (χ0) is 14.8. The second-order valence-electron chi connectivity index (χ2n) is 4.79. The Kier molecular flexibility index (Phi) is 4.89. The molecule has 0 saturated heterocycles. The van der Waals surface area contributed by atoms with E-state index in [4.69, 9.17) is 5.73 Å². The van der Waals surface area contributed by atoms with Crippen molar-refractivity contribution in [2.24, 2.45) is 0 Å². The molecule has 108 valence electrons. The van der Waals surface area contributed by atoms with Gasteiger partial charge in [-0.05, 0) is 40.1 Å². The minimum atomic E-state index is -3.76. The van der Waals surface area contributed by atoms with Crippen LogP contribution >= 0.6 is 0 Å². The third-order valence-electron chi connectivity index (χ3n) is 3.06. The number of nitrogens with zero attached hydrogens (tertiary/aromatic N) is 1. The number of nitrogens with two attached hydrogens (primary N) is 1. The fourth-order valence-corrected chi connectivity index (χ4v) is 2.85. The van der Waals surface area contributed by atoms with E-state index in [-0.39, 0.29) is 28.7 Å². The van der Waals surface area contributed by atoms with Crippen LogP contribution in [0.5, 0.6) is 0 Å². The van der Waals surface area contributed by atoms with Crippen molar-refractivity contribution in [2.45, 2.75) is 24.8 Å². The number of hydrogen-bond acceptors (Lipinski definition) is 4. The minimum Gasteiger partial charge on any atom is -0.399 e. The molecule has 1 aromatic carbocycles.